The van der Waals surface area contributed by atoms with Gasteiger partial charge in [0.15, 0.2) is 5.54 Å². The highest BCUT2D eigenvalue weighted by Gasteiger charge is 2.78. The van der Waals surface area contributed by atoms with Gasteiger partial charge in [0.05, 0.1) is 0 Å². The van der Waals surface area contributed by atoms with Crippen LogP contribution in [0.3, 0.4) is 0 Å². The summed E-state index contributed by atoms with van der Waals surface area (Å²) >= 11 is 6.74. The molecule has 3 aliphatic heterocycles. The van der Waals surface area contributed by atoms with Gasteiger partial charge in [-0.15, -0.1) is 6.58 Å². The van der Waals surface area contributed by atoms with Crippen molar-refractivity contribution < 1.29 is 18.4 Å². The number of likely N-dealkylation sites (N-methyl/N-ethyl adjacent to an activating group) is 2. The molecule has 2 aromatic carbocycles. The molecule has 5 rings (SSSR count). The van der Waals surface area contributed by atoms with Crippen LogP contribution in [0.25, 0.3) is 0 Å². The maximum Gasteiger partial charge on any atom is 0.254 e. The minimum absolute atomic E-state index is 0.183. The second kappa shape index (κ2) is 7.44. The molecular weight excluding hydrogens is 464 g/mol. The summed E-state index contributed by atoms with van der Waals surface area (Å²) in [5.41, 5.74) is 0.0235. The zero-order valence-corrected chi connectivity index (χ0v) is 19.7. The summed E-state index contributed by atoms with van der Waals surface area (Å²) in [5, 5.41) is 0. The van der Waals surface area contributed by atoms with Gasteiger partial charge in [-0.1, -0.05) is 42.2 Å². The average molecular weight is 486 g/mol. The third-order valence-corrected chi connectivity index (χ3v) is 8.92. The zero-order valence-electron chi connectivity index (χ0n) is 18.0. The normalized spacial score (nSPS) is 29.1. The van der Waals surface area contributed by atoms with Crippen LogP contribution in [0.5, 0.6) is 0 Å². The van der Waals surface area contributed by atoms with Crippen LogP contribution in [0.15, 0.2) is 55.1 Å². The summed E-state index contributed by atoms with van der Waals surface area (Å²) in [7, 11) is 3.37. The highest BCUT2D eigenvalue weighted by Crippen LogP contribution is 2.66. The fourth-order valence-corrected chi connectivity index (χ4v) is 7.83. The number of amides is 2. The topological polar surface area (TPSA) is 43.9 Å². The van der Waals surface area contributed by atoms with Gasteiger partial charge in [0.1, 0.15) is 20.7 Å². The van der Waals surface area contributed by atoms with Crippen LogP contribution in [-0.2, 0) is 15.1 Å². The van der Waals surface area contributed by atoms with Crippen molar-refractivity contribution in [2.45, 2.75) is 16.2 Å². The molecule has 2 fully saturated rings. The van der Waals surface area contributed by atoms with E-state index in [9.17, 15) is 18.4 Å². The molecular formula is C24H21F2N3O2S2. The Hall–Kier alpha value is -2.62. The summed E-state index contributed by atoms with van der Waals surface area (Å²) in [5.74, 6) is -2.21. The van der Waals surface area contributed by atoms with Gasteiger partial charge in [0.25, 0.3) is 5.91 Å². The van der Waals surface area contributed by atoms with Crippen molar-refractivity contribution in [1.82, 2.24) is 9.80 Å². The van der Waals surface area contributed by atoms with Crippen molar-refractivity contribution in [3.05, 3.63) is 77.9 Å². The van der Waals surface area contributed by atoms with E-state index in [1.165, 1.54) is 34.1 Å². The molecule has 0 aliphatic carbocycles. The Morgan fingerprint density at radius 1 is 1.15 bits per heavy atom. The van der Waals surface area contributed by atoms with Crippen LogP contribution in [0, 0.1) is 11.6 Å². The fourth-order valence-electron chi connectivity index (χ4n) is 5.68. The summed E-state index contributed by atoms with van der Waals surface area (Å²) < 4.78 is 27.7. The molecule has 33 heavy (non-hydrogen) atoms. The van der Waals surface area contributed by atoms with Gasteiger partial charge < -0.3 is 4.90 Å². The standard InChI is InChI=1S/C24H21F2N3O2S2/c1-4-10-29-21(31)24(33-22(29)32)18(14-6-5-7-15(25)11-14)13-27(2)23(24)17-12-16(26)8-9-19(17)28(3)20(23)30/h4-9,11-12,18H,1,10,13H2,2-3H3/t18-,23+,24+/m0/s1. The number of nitrogens with zero attached hydrogens (tertiary/aromatic N) is 3. The molecule has 3 aliphatic rings. The first kappa shape index (κ1) is 22.2. The lowest BCUT2D eigenvalue weighted by Gasteiger charge is -2.42. The van der Waals surface area contributed by atoms with Crippen LogP contribution < -0.4 is 4.90 Å². The number of fused-ring (bicyclic) bond motifs is 3. The Bertz CT molecular complexity index is 1240. The van der Waals surface area contributed by atoms with Gasteiger partial charge in [0, 0.05) is 37.3 Å². The number of thiocarbonyl (C=S) groups is 1. The first-order valence-corrected chi connectivity index (χ1v) is 11.6. The molecule has 0 unspecified atom stereocenters. The largest absolute Gasteiger partial charge is 0.313 e. The second-order valence-electron chi connectivity index (χ2n) is 8.53. The molecule has 5 nitrogen and oxygen atoms in total. The maximum absolute atomic E-state index is 14.6. The zero-order chi connectivity index (χ0) is 23.7. The fraction of sp³-hybridized carbons (Fsp3) is 0.292. The second-order valence-corrected chi connectivity index (χ2v) is 10.4. The molecule has 3 atom stereocenters. The number of hydrogen-bond acceptors (Lipinski definition) is 5. The monoisotopic (exact) mass is 485 g/mol. The van der Waals surface area contributed by atoms with E-state index in [1.807, 2.05) is 0 Å². The summed E-state index contributed by atoms with van der Waals surface area (Å²) in [4.78, 5) is 33.0. The number of anilines is 1. The predicted octanol–water partition coefficient (Wildman–Crippen LogP) is 3.65. The number of carbonyl (C=O) groups excluding carboxylic acids is 2. The Morgan fingerprint density at radius 3 is 2.58 bits per heavy atom. The van der Waals surface area contributed by atoms with Crippen molar-refractivity contribution in [3.8, 4) is 0 Å². The maximum atomic E-state index is 14.6. The molecule has 3 heterocycles. The molecule has 2 amide bonds. The molecule has 0 radical (unpaired) electrons. The van der Waals surface area contributed by atoms with Crippen LogP contribution in [0.4, 0.5) is 14.5 Å². The van der Waals surface area contributed by atoms with E-state index in [4.69, 9.17) is 12.2 Å². The minimum Gasteiger partial charge on any atom is -0.313 e. The molecule has 9 heteroatoms. The first-order chi connectivity index (χ1) is 15.7. The van der Waals surface area contributed by atoms with Gasteiger partial charge in [-0.2, -0.15) is 0 Å². The van der Waals surface area contributed by atoms with E-state index in [0.717, 1.165) is 11.8 Å². The SMILES string of the molecule is C=CCN1C(=O)[C@]2(SC1=S)[C@H](c1cccc(F)c1)CN(C)[C@]21C(=O)N(C)c2ccc(F)cc21. The quantitative estimate of drug-likeness (QED) is 0.491. The van der Waals surface area contributed by atoms with E-state index in [0.29, 0.717) is 21.1 Å². The number of hydrogen-bond donors (Lipinski definition) is 0. The average Bonchev–Trinajstić information content (AvgIpc) is 3.28. The number of rotatable bonds is 3. The van der Waals surface area contributed by atoms with Crippen molar-refractivity contribution in [2.75, 3.05) is 32.1 Å². The Kier molecular flexibility index (Phi) is 5.00. The van der Waals surface area contributed by atoms with E-state index in [-0.39, 0.29) is 24.9 Å². The number of halogens is 2. The van der Waals surface area contributed by atoms with Gasteiger partial charge in [-0.25, -0.2) is 8.78 Å². The number of benzene rings is 2. The Balaban J connectivity index is 1.85. The molecule has 0 N–H and O–H groups in total. The van der Waals surface area contributed by atoms with Crippen LogP contribution in [-0.4, -0.2) is 57.9 Å². The van der Waals surface area contributed by atoms with Crippen molar-refractivity contribution in [2.24, 2.45) is 0 Å². The van der Waals surface area contributed by atoms with Crippen LogP contribution in [0.1, 0.15) is 17.0 Å². The van der Waals surface area contributed by atoms with E-state index >= 15 is 0 Å². The van der Waals surface area contributed by atoms with Gasteiger partial charge in [-0.05, 0) is 42.9 Å². The van der Waals surface area contributed by atoms with E-state index < -0.39 is 27.8 Å². The van der Waals surface area contributed by atoms with Crippen molar-refractivity contribution in [3.63, 3.8) is 0 Å². The van der Waals surface area contributed by atoms with Crippen molar-refractivity contribution >= 4 is 45.8 Å². The highest BCUT2D eigenvalue weighted by atomic mass is 32.2. The van der Waals surface area contributed by atoms with E-state index in [2.05, 4.69) is 6.58 Å². The van der Waals surface area contributed by atoms with Crippen LogP contribution >= 0.6 is 24.0 Å². The third kappa shape index (κ3) is 2.64. The van der Waals surface area contributed by atoms with Crippen molar-refractivity contribution in [1.29, 1.82) is 0 Å². The summed E-state index contributed by atoms with van der Waals surface area (Å²) in [6, 6.07) is 10.2. The molecule has 2 aromatic rings. The molecule has 2 spiro atoms. The molecule has 170 valence electrons. The number of carbonyl (C=O) groups is 2. The van der Waals surface area contributed by atoms with Gasteiger partial charge >= 0.3 is 0 Å². The lowest BCUT2D eigenvalue weighted by molar-refractivity contribution is -0.138. The van der Waals surface area contributed by atoms with Gasteiger partial charge in [-0.3, -0.25) is 19.4 Å². The van der Waals surface area contributed by atoms with Crippen LogP contribution in [0.2, 0.25) is 0 Å². The Morgan fingerprint density at radius 2 is 1.88 bits per heavy atom. The minimum atomic E-state index is -1.52. The lowest BCUT2D eigenvalue weighted by atomic mass is 9.72. The third-order valence-electron chi connectivity index (χ3n) is 6.98. The highest BCUT2D eigenvalue weighted by molar-refractivity contribution is 8.25. The smallest absolute Gasteiger partial charge is 0.254 e. The summed E-state index contributed by atoms with van der Waals surface area (Å²) in [6.07, 6.45) is 1.57. The molecule has 0 aromatic heterocycles. The predicted molar refractivity (Wildman–Crippen MR) is 128 cm³/mol. The molecule has 0 bridgehead atoms. The molecule has 2 saturated heterocycles. The Labute approximate surface area is 200 Å². The first-order valence-electron chi connectivity index (χ1n) is 10.4. The number of likely N-dealkylation sites (tertiary alicyclic amines) is 1. The van der Waals surface area contributed by atoms with E-state index in [1.54, 1.807) is 43.3 Å². The van der Waals surface area contributed by atoms with Gasteiger partial charge in [0.2, 0.25) is 5.91 Å². The number of thioether (sulfide) groups is 1. The summed E-state index contributed by atoms with van der Waals surface area (Å²) in [6.45, 7) is 4.19. The lowest BCUT2D eigenvalue weighted by Crippen LogP contribution is -2.62. The molecule has 0 saturated carbocycles.